The van der Waals surface area contributed by atoms with E-state index in [0.29, 0.717) is 29.9 Å². The van der Waals surface area contributed by atoms with Crippen LogP contribution < -0.4 is 9.46 Å². The molecule has 10 heteroatoms. The number of halogens is 4. The number of nitrogens with one attached hydrogen (secondary N) is 1. The average molecular weight is 417 g/mol. The van der Waals surface area contributed by atoms with Crippen LogP contribution in [0, 0.1) is 11.7 Å². The first-order valence-corrected chi connectivity index (χ1v) is 9.59. The van der Waals surface area contributed by atoms with Gasteiger partial charge in [-0.05, 0) is 42.2 Å². The van der Waals surface area contributed by atoms with Crippen LogP contribution in [0.3, 0.4) is 0 Å². The molecule has 2 unspecified atom stereocenters. The summed E-state index contributed by atoms with van der Waals surface area (Å²) in [4.78, 5) is 11.1. The van der Waals surface area contributed by atoms with Crippen LogP contribution in [-0.4, -0.2) is 21.4 Å². The van der Waals surface area contributed by atoms with Gasteiger partial charge in [0.1, 0.15) is 11.6 Å². The summed E-state index contributed by atoms with van der Waals surface area (Å²) < 4.78 is 84.0. The van der Waals surface area contributed by atoms with Crippen molar-refractivity contribution < 1.29 is 35.5 Å². The molecule has 0 heterocycles. The minimum absolute atomic E-state index is 0.0772. The number of alkyl halides is 3. The molecule has 28 heavy (non-hydrogen) atoms. The normalized spacial score (nSPS) is 19.2. The van der Waals surface area contributed by atoms with Gasteiger partial charge >= 0.3 is 6.18 Å². The van der Waals surface area contributed by atoms with Crippen molar-refractivity contribution in [3.05, 3.63) is 59.4 Å². The van der Waals surface area contributed by atoms with E-state index in [1.165, 1.54) is 7.11 Å². The molecule has 1 fully saturated rings. The van der Waals surface area contributed by atoms with Crippen molar-refractivity contribution in [2.75, 3.05) is 7.11 Å². The molecule has 5 nitrogen and oxygen atoms in total. The topological polar surface area (TPSA) is 72.5 Å². The predicted octanol–water partition coefficient (Wildman–Crippen LogP) is 3.46. The van der Waals surface area contributed by atoms with E-state index in [1.807, 2.05) is 0 Å². The number of carbonyl (C=O) groups is 1. The molecular weight excluding hydrogens is 402 g/mol. The maximum Gasteiger partial charge on any atom is 0.417 e. The summed E-state index contributed by atoms with van der Waals surface area (Å²) in [6.07, 6.45) is -4.77. The summed E-state index contributed by atoms with van der Waals surface area (Å²) in [5, 5.41) is 0. The quantitative estimate of drug-likeness (QED) is 0.757. The number of hydrogen-bond acceptors (Lipinski definition) is 4. The monoisotopic (exact) mass is 417 g/mol. The Hall–Kier alpha value is -2.62. The number of benzene rings is 2. The zero-order chi connectivity index (χ0) is 20.7. The predicted molar refractivity (Wildman–Crippen MR) is 90.6 cm³/mol. The van der Waals surface area contributed by atoms with Crippen molar-refractivity contribution in [1.29, 1.82) is 0 Å². The third-order valence-corrected chi connectivity index (χ3v) is 5.84. The maximum atomic E-state index is 13.2. The van der Waals surface area contributed by atoms with E-state index in [1.54, 1.807) is 29.0 Å². The van der Waals surface area contributed by atoms with Crippen molar-refractivity contribution in [1.82, 2.24) is 4.72 Å². The molecule has 3 rings (SSSR count). The lowest BCUT2D eigenvalue weighted by molar-refractivity contribution is -0.140. The summed E-state index contributed by atoms with van der Waals surface area (Å²) in [6.45, 7) is 0. The third-order valence-electron chi connectivity index (χ3n) is 4.44. The van der Waals surface area contributed by atoms with Gasteiger partial charge < -0.3 is 4.74 Å². The molecule has 1 saturated carbocycles. The molecule has 0 aromatic heterocycles. The zero-order valence-electron chi connectivity index (χ0n) is 14.5. The number of rotatable bonds is 5. The molecule has 0 bridgehead atoms. The van der Waals surface area contributed by atoms with Crippen LogP contribution in [0.15, 0.2) is 47.4 Å². The van der Waals surface area contributed by atoms with E-state index in [9.17, 15) is 30.8 Å². The average Bonchev–Trinajstić information content (AvgIpc) is 3.41. The van der Waals surface area contributed by atoms with E-state index in [-0.39, 0.29) is 12.0 Å². The van der Waals surface area contributed by atoms with Gasteiger partial charge in [0.25, 0.3) is 10.0 Å². The van der Waals surface area contributed by atoms with Gasteiger partial charge in [0.2, 0.25) is 5.91 Å². The van der Waals surface area contributed by atoms with Crippen molar-refractivity contribution >= 4 is 15.9 Å². The lowest BCUT2D eigenvalue weighted by Gasteiger charge is -2.14. The van der Waals surface area contributed by atoms with Crippen molar-refractivity contribution in [2.45, 2.75) is 23.4 Å². The first kappa shape index (κ1) is 20.1. The van der Waals surface area contributed by atoms with Gasteiger partial charge in [-0.25, -0.2) is 17.5 Å². The van der Waals surface area contributed by atoms with Crippen molar-refractivity contribution in [3.8, 4) is 5.75 Å². The van der Waals surface area contributed by atoms with Gasteiger partial charge in [-0.15, -0.1) is 0 Å². The Bertz CT molecular complexity index is 1020. The Morgan fingerprint density at radius 3 is 2.50 bits per heavy atom. The number of carbonyl (C=O) groups excluding carboxylic acids is 1. The fourth-order valence-electron chi connectivity index (χ4n) is 3.02. The molecule has 2 aromatic rings. The largest absolute Gasteiger partial charge is 0.496 e. The van der Waals surface area contributed by atoms with Crippen LogP contribution in [0.2, 0.25) is 0 Å². The SMILES string of the molecule is COc1ccccc1C1CC1C(=O)NS(=O)(=O)c1ccc(F)cc1C(F)(F)F. The standard InChI is InChI=1S/C18H15F4NO4S/c1-27-15-5-3-2-4-11(15)12-9-13(12)17(24)23-28(25,26)16-7-6-10(19)8-14(16)18(20,21)22/h2-8,12-13H,9H2,1H3,(H,23,24). The van der Waals surface area contributed by atoms with E-state index in [2.05, 4.69) is 0 Å². The van der Waals surface area contributed by atoms with Gasteiger partial charge in [0.05, 0.1) is 17.6 Å². The van der Waals surface area contributed by atoms with Gasteiger partial charge in [0.15, 0.2) is 0 Å². The highest BCUT2D eigenvalue weighted by Crippen LogP contribution is 2.50. The summed E-state index contributed by atoms with van der Waals surface area (Å²) in [6, 6.07) is 8.03. The summed E-state index contributed by atoms with van der Waals surface area (Å²) in [5.41, 5.74) is -0.967. The smallest absolute Gasteiger partial charge is 0.417 e. The first-order valence-electron chi connectivity index (χ1n) is 8.11. The van der Waals surface area contributed by atoms with Crippen LogP contribution in [0.25, 0.3) is 0 Å². The van der Waals surface area contributed by atoms with Crippen molar-refractivity contribution in [2.24, 2.45) is 5.92 Å². The molecule has 150 valence electrons. The van der Waals surface area contributed by atoms with Crippen LogP contribution in [0.4, 0.5) is 17.6 Å². The minimum Gasteiger partial charge on any atom is -0.496 e. The highest BCUT2D eigenvalue weighted by Gasteiger charge is 2.47. The van der Waals surface area contributed by atoms with Crippen molar-refractivity contribution in [3.63, 3.8) is 0 Å². The minimum atomic E-state index is -5.10. The second kappa shape index (κ2) is 7.08. The Labute approximate surface area is 158 Å². The maximum absolute atomic E-state index is 13.2. The third kappa shape index (κ3) is 3.96. The highest BCUT2D eigenvalue weighted by molar-refractivity contribution is 7.90. The van der Waals surface area contributed by atoms with E-state index >= 15 is 0 Å². The molecule has 0 radical (unpaired) electrons. The molecule has 0 aliphatic heterocycles. The number of ether oxygens (including phenoxy) is 1. The molecule has 0 spiro atoms. The Morgan fingerprint density at radius 2 is 1.86 bits per heavy atom. The van der Waals surface area contributed by atoms with Gasteiger partial charge in [-0.2, -0.15) is 13.2 Å². The molecule has 2 aromatic carbocycles. The zero-order valence-corrected chi connectivity index (χ0v) is 15.3. The lowest BCUT2D eigenvalue weighted by Crippen LogP contribution is -2.33. The summed E-state index contributed by atoms with van der Waals surface area (Å²) >= 11 is 0. The van der Waals surface area contributed by atoms with Gasteiger partial charge in [-0.1, -0.05) is 18.2 Å². The molecule has 1 amide bonds. The number of hydrogen-bond donors (Lipinski definition) is 1. The van der Waals surface area contributed by atoms with Crippen LogP contribution in [0.1, 0.15) is 23.5 Å². The molecular formula is C18H15F4NO4S. The fraction of sp³-hybridized carbons (Fsp3) is 0.278. The second-order valence-electron chi connectivity index (χ2n) is 6.30. The van der Waals surface area contributed by atoms with Gasteiger partial charge in [0, 0.05) is 5.92 Å². The van der Waals surface area contributed by atoms with E-state index < -0.39 is 44.3 Å². The first-order chi connectivity index (χ1) is 13.0. The number of para-hydroxylation sites is 1. The molecule has 1 aliphatic carbocycles. The fourth-order valence-corrected chi connectivity index (χ4v) is 4.26. The van der Waals surface area contributed by atoms with E-state index in [4.69, 9.17) is 4.74 Å². The summed E-state index contributed by atoms with van der Waals surface area (Å²) in [7, 11) is -3.38. The number of amides is 1. The van der Waals surface area contributed by atoms with Crippen LogP contribution in [-0.2, 0) is 21.0 Å². The second-order valence-corrected chi connectivity index (χ2v) is 7.95. The molecule has 2 atom stereocenters. The van der Waals surface area contributed by atoms with Crippen LogP contribution in [0.5, 0.6) is 5.75 Å². The summed E-state index contributed by atoms with van der Waals surface area (Å²) in [5.74, 6) is -2.66. The number of sulfonamides is 1. The van der Waals surface area contributed by atoms with E-state index in [0.717, 1.165) is 0 Å². The Morgan fingerprint density at radius 1 is 1.18 bits per heavy atom. The van der Waals surface area contributed by atoms with Crippen LogP contribution >= 0.6 is 0 Å². The Balaban J connectivity index is 1.82. The van der Waals surface area contributed by atoms with Gasteiger partial charge in [-0.3, -0.25) is 4.79 Å². The number of methoxy groups -OCH3 is 1. The molecule has 0 saturated heterocycles. The molecule has 1 aliphatic rings. The lowest BCUT2D eigenvalue weighted by atomic mass is 10.1. The Kier molecular flexibility index (Phi) is 5.09. The highest BCUT2D eigenvalue weighted by atomic mass is 32.2. The molecule has 1 N–H and O–H groups in total.